The van der Waals surface area contributed by atoms with Crippen LogP contribution in [0.1, 0.15) is 24.0 Å². The van der Waals surface area contributed by atoms with E-state index in [-0.39, 0.29) is 0 Å². The van der Waals surface area contributed by atoms with Crippen molar-refractivity contribution in [3.63, 3.8) is 0 Å². The minimum absolute atomic E-state index is 0.293. The first-order valence-corrected chi connectivity index (χ1v) is 10.1. The summed E-state index contributed by atoms with van der Waals surface area (Å²) in [5, 5.41) is 0. The molecule has 0 N–H and O–H groups in total. The number of hydrogen-bond acceptors (Lipinski definition) is 3. The zero-order valence-corrected chi connectivity index (χ0v) is 16.2. The number of amides is 1. The number of carbonyl (C=O) groups is 1. The van der Waals surface area contributed by atoms with Gasteiger partial charge in [-0.15, -0.1) is 0 Å². The second-order valence-corrected chi connectivity index (χ2v) is 7.68. The van der Waals surface area contributed by atoms with Crippen LogP contribution in [0.25, 0.3) is 0 Å². The van der Waals surface area contributed by atoms with Crippen molar-refractivity contribution in [1.29, 1.82) is 0 Å². The molecule has 2 aliphatic heterocycles. The largest absolute Gasteiger partial charge is 0.371 e. The molecule has 0 aromatic heterocycles. The van der Waals surface area contributed by atoms with Crippen LogP contribution < -0.4 is 9.80 Å². The Morgan fingerprint density at radius 2 is 1.78 bits per heavy atom. The SMILES string of the molecule is Cc1cccc(N2CCN(C(=O)CCN3CCCc4ccccc43)CC2)c1. The molecule has 0 spiro atoms. The van der Waals surface area contributed by atoms with Crippen LogP contribution in [0.15, 0.2) is 48.5 Å². The van der Waals surface area contributed by atoms with Crippen molar-refractivity contribution < 1.29 is 4.79 Å². The maximum atomic E-state index is 12.7. The van der Waals surface area contributed by atoms with Gasteiger partial charge in [-0.05, 0) is 49.1 Å². The smallest absolute Gasteiger partial charge is 0.224 e. The zero-order chi connectivity index (χ0) is 18.6. The molecule has 1 fully saturated rings. The maximum Gasteiger partial charge on any atom is 0.224 e. The minimum atomic E-state index is 0.293. The van der Waals surface area contributed by atoms with Crippen molar-refractivity contribution in [2.75, 3.05) is 49.1 Å². The third kappa shape index (κ3) is 4.10. The number of aryl methyl sites for hydroxylation is 2. The number of benzene rings is 2. The summed E-state index contributed by atoms with van der Waals surface area (Å²) in [6.07, 6.45) is 2.95. The van der Waals surface area contributed by atoms with Crippen LogP contribution in [0.5, 0.6) is 0 Å². The van der Waals surface area contributed by atoms with Gasteiger partial charge in [0.2, 0.25) is 5.91 Å². The second-order valence-electron chi connectivity index (χ2n) is 7.68. The average Bonchev–Trinajstić information content (AvgIpc) is 2.72. The first kappa shape index (κ1) is 17.9. The molecule has 4 rings (SSSR count). The Balaban J connectivity index is 1.29. The van der Waals surface area contributed by atoms with Gasteiger partial charge in [0.15, 0.2) is 0 Å². The number of para-hydroxylation sites is 1. The molecule has 2 aromatic rings. The fourth-order valence-corrected chi connectivity index (χ4v) is 4.27. The van der Waals surface area contributed by atoms with Crippen molar-refractivity contribution >= 4 is 17.3 Å². The average molecular weight is 364 g/mol. The van der Waals surface area contributed by atoms with E-state index in [2.05, 4.69) is 65.3 Å². The van der Waals surface area contributed by atoms with Crippen LogP contribution in [0, 0.1) is 6.92 Å². The van der Waals surface area contributed by atoms with Gasteiger partial charge >= 0.3 is 0 Å². The van der Waals surface area contributed by atoms with Crippen molar-refractivity contribution in [3.05, 3.63) is 59.7 Å². The topological polar surface area (TPSA) is 26.8 Å². The van der Waals surface area contributed by atoms with Crippen molar-refractivity contribution in [3.8, 4) is 0 Å². The highest BCUT2D eigenvalue weighted by Gasteiger charge is 2.23. The molecule has 0 saturated carbocycles. The lowest BCUT2D eigenvalue weighted by Gasteiger charge is -2.37. The predicted octanol–water partition coefficient (Wildman–Crippen LogP) is 3.49. The van der Waals surface area contributed by atoms with E-state index in [4.69, 9.17) is 0 Å². The molecule has 1 amide bonds. The van der Waals surface area contributed by atoms with Gasteiger partial charge in [-0.3, -0.25) is 4.79 Å². The third-order valence-electron chi connectivity index (χ3n) is 5.80. The van der Waals surface area contributed by atoms with E-state index < -0.39 is 0 Å². The van der Waals surface area contributed by atoms with Gasteiger partial charge in [0.05, 0.1) is 0 Å². The molecule has 142 valence electrons. The van der Waals surface area contributed by atoms with Crippen LogP contribution in [0.4, 0.5) is 11.4 Å². The molecule has 0 unspecified atom stereocenters. The lowest BCUT2D eigenvalue weighted by Crippen LogP contribution is -2.49. The Labute approximate surface area is 162 Å². The van der Waals surface area contributed by atoms with Crippen LogP contribution in [-0.4, -0.2) is 50.1 Å². The Hall–Kier alpha value is -2.49. The van der Waals surface area contributed by atoms with Crippen molar-refractivity contribution in [2.24, 2.45) is 0 Å². The summed E-state index contributed by atoms with van der Waals surface area (Å²) in [4.78, 5) is 19.5. The maximum absolute atomic E-state index is 12.7. The van der Waals surface area contributed by atoms with Gasteiger partial charge < -0.3 is 14.7 Å². The molecule has 2 aromatic carbocycles. The van der Waals surface area contributed by atoms with E-state index in [1.165, 1.54) is 28.9 Å². The van der Waals surface area contributed by atoms with Crippen LogP contribution in [0.2, 0.25) is 0 Å². The Morgan fingerprint density at radius 1 is 0.963 bits per heavy atom. The molecule has 1 saturated heterocycles. The molecule has 2 heterocycles. The number of rotatable bonds is 4. The lowest BCUT2D eigenvalue weighted by atomic mass is 10.0. The zero-order valence-electron chi connectivity index (χ0n) is 16.2. The fourth-order valence-electron chi connectivity index (χ4n) is 4.27. The molecule has 27 heavy (non-hydrogen) atoms. The summed E-state index contributed by atoms with van der Waals surface area (Å²) in [5.74, 6) is 0.293. The van der Waals surface area contributed by atoms with E-state index in [0.29, 0.717) is 12.3 Å². The fraction of sp³-hybridized carbons (Fsp3) is 0.435. The Morgan fingerprint density at radius 3 is 2.59 bits per heavy atom. The summed E-state index contributed by atoms with van der Waals surface area (Å²) >= 11 is 0. The van der Waals surface area contributed by atoms with Crippen molar-refractivity contribution in [2.45, 2.75) is 26.2 Å². The van der Waals surface area contributed by atoms with Gasteiger partial charge in [0.1, 0.15) is 0 Å². The molecule has 0 aliphatic carbocycles. The van der Waals surface area contributed by atoms with Gasteiger partial charge in [0.25, 0.3) is 0 Å². The lowest BCUT2D eigenvalue weighted by molar-refractivity contribution is -0.131. The number of hydrogen-bond donors (Lipinski definition) is 0. The molecular weight excluding hydrogens is 334 g/mol. The minimum Gasteiger partial charge on any atom is -0.371 e. The Bertz CT molecular complexity index is 796. The van der Waals surface area contributed by atoms with Gasteiger partial charge in [-0.1, -0.05) is 30.3 Å². The van der Waals surface area contributed by atoms with Gasteiger partial charge in [0, 0.05) is 57.1 Å². The number of fused-ring (bicyclic) bond motifs is 1. The molecule has 4 nitrogen and oxygen atoms in total. The van der Waals surface area contributed by atoms with E-state index in [0.717, 1.165) is 45.7 Å². The number of nitrogens with zero attached hydrogens (tertiary/aromatic N) is 3. The number of anilines is 2. The summed E-state index contributed by atoms with van der Waals surface area (Å²) in [6, 6.07) is 17.3. The standard InChI is InChI=1S/C23H29N3O/c1-19-6-4-9-21(18-19)24-14-16-26(17-15-24)23(27)11-13-25-12-5-8-20-7-2-3-10-22(20)25/h2-4,6-7,9-10,18H,5,8,11-17H2,1H3. The second kappa shape index (κ2) is 8.03. The van der Waals surface area contributed by atoms with E-state index in [1.54, 1.807) is 0 Å². The van der Waals surface area contributed by atoms with Crippen molar-refractivity contribution in [1.82, 2.24) is 4.90 Å². The molecule has 2 aliphatic rings. The molecule has 0 radical (unpaired) electrons. The molecule has 0 atom stereocenters. The highest BCUT2D eigenvalue weighted by molar-refractivity contribution is 5.77. The highest BCUT2D eigenvalue weighted by Crippen LogP contribution is 2.26. The number of carbonyl (C=O) groups excluding carboxylic acids is 1. The van der Waals surface area contributed by atoms with E-state index in [1.807, 2.05) is 4.90 Å². The summed E-state index contributed by atoms with van der Waals surface area (Å²) in [7, 11) is 0. The summed E-state index contributed by atoms with van der Waals surface area (Å²) in [5.41, 5.74) is 5.30. The highest BCUT2D eigenvalue weighted by atomic mass is 16.2. The number of piperazine rings is 1. The normalized spacial score (nSPS) is 17.0. The van der Waals surface area contributed by atoms with Gasteiger partial charge in [-0.25, -0.2) is 0 Å². The molecule has 4 heteroatoms. The molecule has 0 bridgehead atoms. The first-order chi connectivity index (χ1) is 13.2. The van der Waals surface area contributed by atoms with Gasteiger partial charge in [-0.2, -0.15) is 0 Å². The Kier molecular flexibility index (Phi) is 5.33. The summed E-state index contributed by atoms with van der Waals surface area (Å²) in [6.45, 7) is 7.50. The monoisotopic (exact) mass is 363 g/mol. The predicted molar refractivity (Wildman–Crippen MR) is 112 cm³/mol. The summed E-state index contributed by atoms with van der Waals surface area (Å²) < 4.78 is 0. The molecular formula is C23H29N3O. The van der Waals surface area contributed by atoms with E-state index in [9.17, 15) is 4.79 Å². The third-order valence-corrected chi connectivity index (χ3v) is 5.80. The van der Waals surface area contributed by atoms with Crippen LogP contribution >= 0.6 is 0 Å². The van der Waals surface area contributed by atoms with E-state index >= 15 is 0 Å². The van der Waals surface area contributed by atoms with Crippen LogP contribution in [0.3, 0.4) is 0 Å². The van der Waals surface area contributed by atoms with Crippen LogP contribution in [-0.2, 0) is 11.2 Å². The quantitative estimate of drug-likeness (QED) is 0.832. The first-order valence-electron chi connectivity index (χ1n) is 10.1.